The minimum absolute atomic E-state index is 0.0316. The minimum atomic E-state index is -0.550. The molecule has 0 spiro atoms. The maximum Gasteiger partial charge on any atom is 0.211 e. The summed E-state index contributed by atoms with van der Waals surface area (Å²) < 4.78 is 27.4. The quantitative estimate of drug-likeness (QED) is 0.202. The van der Waals surface area contributed by atoms with Crippen molar-refractivity contribution in [1.82, 2.24) is 10.6 Å². The van der Waals surface area contributed by atoms with Gasteiger partial charge in [0.2, 0.25) is 12.8 Å². The van der Waals surface area contributed by atoms with Crippen molar-refractivity contribution in [1.29, 1.82) is 0 Å². The molecule has 4 N–H and O–H groups in total. The molecular formula is C30H41Cl2F2N3O3. The molecule has 4 rings (SSSR count). The Morgan fingerprint density at radius 2 is 1.62 bits per heavy atom. The topological polar surface area (TPSA) is 90.5 Å². The lowest BCUT2D eigenvalue weighted by atomic mass is 9.83. The molecule has 0 bridgehead atoms. The van der Waals surface area contributed by atoms with Gasteiger partial charge in [0, 0.05) is 37.2 Å². The van der Waals surface area contributed by atoms with E-state index >= 15 is 0 Å². The van der Waals surface area contributed by atoms with Crippen LogP contribution in [0.15, 0.2) is 30.3 Å². The molecule has 0 aromatic heterocycles. The zero-order valence-corrected chi connectivity index (χ0v) is 25.1. The lowest BCUT2D eigenvalue weighted by Gasteiger charge is -2.22. The van der Waals surface area contributed by atoms with Crippen molar-refractivity contribution in [3.05, 3.63) is 63.1 Å². The second-order valence-corrected chi connectivity index (χ2v) is 12.7. The third kappa shape index (κ3) is 11.3. The van der Waals surface area contributed by atoms with E-state index in [4.69, 9.17) is 28.3 Å². The van der Waals surface area contributed by atoms with Crippen LogP contribution in [0.3, 0.4) is 0 Å². The molecule has 2 aromatic carbocycles. The Kier molecular flexibility index (Phi) is 13.8. The second kappa shape index (κ2) is 16.2. The van der Waals surface area contributed by atoms with Gasteiger partial charge in [0.25, 0.3) is 0 Å². The number of nitrogens with one attached hydrogen (secondary N) is 3. The Morgan fingerprint density at radius 1 is 0.975 bits per heavy atom. The molecule has 10 heteroatoms. The molecule has 1 heterocycles. The van der Waals surface area contributed by atoms with Crippen LogP contribution < -0.4 is 16.0 Å². The van der Waals surface area contributed by atoms with E-state index in [-0.39, 0.29) is 28.0 Å². The normalized spacial score (nSPS) is 21.9. The number of amides is 2. The maximum atomic E-state index is 14.0. The van der Waals surface area contributed by atoms with Crippen LogP contribution in [0.25, 0.3) is 0 Å². The Hall–Kier alpha value is -2.26. The van der Waals surface area contributed by atoms with Gasteiger partial charge in [-0.3, -0.25) is 9.59 Å². The predicted molar refractivity (Wildman–Crippen MR) is 158 cm³/mol. The molecule has 222 valence electrons. The minimum Gasteiger partial charge on any atom is -0.393 e. The summed E-state index contributed by atoms with van der Waals surface area (Å²) in [6.45, 7) is 10.7. The van der Waals surface area contributed by atoms with Gasteiger partial charge in [0.1, 0.15) is 11.6 Å². The van der Waals surface area contributed by atoms with Crippen molar-refractivity contribution in [3.8, 4) is 0 Å². The molecule has 1 aliphatic heterocycles. The van der Waals surface area contributed by atoms with Crippen LogP contribution in [0.1, 0.15) is 76.3 Å². The van der Waals surface area contributed by atoms with E-state index in [0.29, 0.717) is 42.1 Å². The molecule has 0 unspecified atom stereocenters. The monoisotopic (exact) mass is 599 g/mol. The molecule has 2 fully saturated rings. The first kappa shape index (κ1) is 33.9. The molecule has 6 nitrogen and oxygen atoms in total. The molecule has 2 aromatic rings. The van der Waals surface area contributed by atoms with Crippen molar-refractivity contribution >= 4 is 41.7 Å². The second-order valence-electron chi connectivity index (χ2n) is 11.9. The third-order valence-electron chi connectivity index (χ3n) is 6.59. The van der Waals surface area contributed by atoms with Crippen LogP contribution in [-0.4, -0.2) is 43.7 Å². The van der Waals surface area contributed by atoms with E-state index in [1.54, 1.807) is 12.1 Å². The van der Waals surface area contributed by atoms with E-state index in [1.165, 1.54) is 18.2 Å². The van der Waals surface area contributed by atoms with Crippen molar-refractivity contribution in [2.75, 3.05) is 25.0 Å². The standard InChI is InChI=1S/C17H14Cl2F2N2O.C8H15NO2.C5H12/c18-13-3-9(1-2-15(13)20)11-6-22-7-12(11)10-4-16(21)14(19)5-17(10)23-8-24;10-6-9-4-3-7-1-2-8(11)5-7;1-5(2,3)4/h1-5,8,11-12,22H,6-7H2,(H,23,24);6-8,11H,1-5H2,(H,9,10);1-4H3/t11-,12+;7-,8-;/m11./s1. The summed E-state index contributed by atoms with van der Waals surface area (Å²) in [6, 6.07) is 7.31. The van der Waals surface area contributed by atoms with Crippen LogP contribution in [0.4, 0.5) is 14.5 Å². The summed E-state index contributed by atoms with van der Waals surface area (Å²) in [5.41, 5.74) is 2.45. The SMILES string of the molecule is CC(C)(C)C.O=CNCC[C@H]1CC[C@@H](O)C1.O=CNc1cc(Cl)c(F)cc1[C@@H]1CNC[C@@H]1c1ccc(F)c(Cl)c1. The summed E-state index contributed by atoms with van der Waals surface area (Å²) in [4.78, 5) is 20.7. The largest absolute Gasteiger partial charge is 0.393 e. The zero-order valence-electron chi connectivity index (χ0n) is 23.6. The Bertz CT molecular complexity index is 1110. The summed E-state index contributed by atoms with van der Waals surface area (Å²) in [6.07, 6.45) is 5.14. The van der Waals surface area contributed by atoms with Gasteiger partial charge >= 0.3 is 0 Å². The highest BCUT2D eigenvalue weighted by Crippen LogP contribution is 2.41. The first-order valence-electron chi connectivity index (χ1n) is 13.5. The van der Waals surface area contributed by atoms with Crippen LogP contribution >= 0.6 is 23.2 Å². The van der Waals surface area contributed by atoms with Crippen LogP contribution in [0, 0.1) is 23.0 Å². The van der Waals surface area contributed by atoms with Gasteiger partial charge in [-0.1, -0.05) is 57.0 Å². The van der Waals surface area contributed by atoms with Crippen molar-refractivity contribution in [2.45, 2.75) is 71.3 Å². The molecule has 2 aliphatic rings. The number of aliphatic hydroxyl groups is 1. The first-order valence-corrected chi connectivity index (χ1v) is 14.3. The van der Waals surface area contributed by atoms with E-state index in [9.17, 15) is 18.4 Å². The smallest absolute Gasteiger partial charge is 0.211 e. The van der Waals surface area contributed by atoms with Crippen LogP contribution in [0.2, 0.25) is 10.0 Å². The lowest BCUT2D eigenvalue weighted by molar-refractivity contribution is -0.109. The van der Waals surface area contributed by atoms with Crippen molar-refractivity contribution < 1.29 is 23.5 Å². The number of hydrogen-bond donors (Lipinski definition) is 4. The number of aliphatic hydroxyl groups excluding tert-OH is 1. The highest BCUT2D eigenvalue weighted by atomic mass is 35.5. The lowest BCUT2D eigenvalue weighted by Crippen LogP contribution is -2.15. The van der Waals surface area contributed by atoms with Gasteiger partial charge in [-0.2, -0.15) is 0 Å². The summed E-state index contributed by atoms with van der Waals surface area (Å²) in [7, 11) is 0. The van der Waals surface area contributed by atoms with Crippen molar-refractivity contribution in [2.24, 2.45) is 11.3 Å². The number of rotatable bonds is 8. The maximum absolute atomic E-state index is 14.0. The van der Waals surface area contributed by atoms with E-state index in [1.807, 2.05) is 0 Å². The highest BCUT2D eigenvalue weighted by molar-refractivity contribution is 6.31. The summed E-state index contributed by atoms with van der Waals surface area (Å²) in [5, 5.41) is 17.6. The Balaban J connectivity index is 0.000000290. The molecule has 1 aliphatic carbocycles. The van der Waals surface area contributed by atoms with Crippen molar-refractivity contribution in [3.63, 3.8) is 0 Å². The number of hydrogen-bond acceptors (Lipinski definition) is 4. The predicted octanol–water partition coefficient (Wildman–Crippen LogP) is 6.65. The van der Waals surface area contributed by atoms with Gasteiger partial charge in [0.05, 0.1) is 16.1 Å². The van der Waals surface area contributed by atoms with Gasteiger partial charge in [-0.15, -0.1) is 0 Å². The first-order chi connectivity index (χ1) is 18.8. The van der Waals surface area contributed by atoms with Crippen LogP contribution in [0.5, 0.6) is 0 Å². The molecule has 4 atom stereocenters. The Morgan fingerprint density at radius 3 is 2.20 bits per heavy atom. The van der Waals surface area contributed by atoms with E-state index in [0.717, 1.165) is 44.2 Å². The molecule has 0 radical (unpaired) electrons. The average Bonchev–Trinajstić information content (AvgIpc) is 3.52. The number of carbonyl (C=O) groups is 2. The third-order valence-corrected chi connectivity index (χ3v) is 7.17. The molecule has 2 amide bonds. The zero-order chi connectivity index (χ0) is 29.9. The van der Waals surface area contributed by atoms with Gasteiger partial charge < -0.3 is 21.1 Å². The fraction of sp³-hybridized carbons (Fsp3) is 0.533. The highest BCUT2D eigenvalue weighted by Gasteiger charge is 2.32. The fourth-order valence-corrected chi connectivity index (χ4v) is 5.17. The fourth-order valence-electron chi connectivity index (χ4n) is 4.81. The van der Waals surface area contributed by atoms with Gasteiger partial charge in [-0.25, -0.2) is 8.78 Å². The Labute approximate surface area is 246 Å². The van der Waals surface area contributed by atoms with Crippen LogP contribution in [-0.2, 0) is 9.59 Å². The number of anilines is 1. The number of halogens is 4. The molecule has 1 saturated heterocycles. The van der Waals surface area contributed by atoms with E-state index in [2.05, 4.69) is 43.6 Å². The average molecular weight is 601 g/mol. The van der Waals surface area contributed by atoms with Gasteiger partial charge in [0.15, 0.2) is 0 Å². The molecular weight excluding hydrogens is 559 g/mol. The number of benzene rings is 2. The molecule has 1 saturated carbocycles. The molecule has 40 heavy (non-hydrogen) atoms. The van der Waals surface area contributed by atoms with E-state index < -0.39 is 11.6 Å². The summed E-state index contributed by atoms with van der Waals surface area (Å²) in [5.74, 6) is -0.552. The van der Waals surface area contributed by atoms with Gasteiger partial charge in [-0.05, 0) is 72.4 Å². The summed E-state index contributed by atoms with van der Waals surface area (Å²) >= 11 is 11.7. The number of carbonyl (C=O) groups excluding carboxylic acids is 2.